The van der Waals surface area contributed by atoms with Gasteiger partial charge in [-0.2, -0.15) is 0 Å². The molecule has 0 spiro atoms. The van der Waals surface area contributed by atoms with Gasteiger partial charge in [-0.1, -0.05) is 25.7 Å². The Morgan fingerprint density at radius 1 is 1.12 bits per heavy atom. The first-order chi connectivity index (χ1) is 8.27. The summed E-state index contributed by atoms with van der Waals surface area (Å²) in [6, 6.07) is 0.754. The van der Waals surface area contributed by atoms with Crippen molar-refractivity contribution in [2.45, 2.75) is 57.4 Å². The van der Waals surface area contributed by atoms with Crippen LogP contribution in [0.3, 0.4) is 0 Å². The van der Waals surface area contributed by atoms with Gasteiger partial charge < -0.3 is 10.2 Å². The molecule has 0 saturated heterocycles. The van der Waals surface area contributed by atoms with Gasteiger partial charge in [-0.3, -0.25) is 4.79 Å². The molecule has 2 saturated carbocycles. The fourth-order valence-corrected chi connectivity index (χ4v) is 2.87. The molecule has 3 nitrogen and oxygen atoms in total. The fraction of sp³-hybridized carbons (Fsp3) is 0.929. The van der Waals surface area contributed by atoms with Gasteiger partial charge in [0.05, 0.1) is 0 Å². The molecular weight excluding hydrogens is 212 g/mol. The highest BCUT2D eigenvalue weighted by molar-refractivity contribution is 5.79. The van der Waals surface area contributed by atoms with Crippen molar-refractivity contribution in [1.82, 2.24) is 10.2 Å². The van der Waals surface area contributed by atoms with Gasteiger partial charge in [-0.05, 0) is 32.7 Å². The molecule has 0 aliphatic heterocycles. The first-order valence-electron chi connectivity index (χ1n) is 7.25. The van der Waals surface area contributed by atoms with Crippen molar-refractivity contribution in [3.8, 4) is 0 Å². The predicted molar refractivity (Wildman–Crippen MR) is 69.9 cm³/mol. The molecule has 2 aliphatic carbocycles. The zero-order valence-electron chi connectivity index (χ0n) is 11.1. The van der Waals surface area contributed by atoms with Crippen molar-refractivity contribution in [2.24, 2.45) is 5.92 Å². The molecular formula is C14H26N2O. The summed E-state index contributed by atoms with van der Waals surface area (Å²) in [5.74, 6) is 0.614. The summed E-state index contributed by atoms with van der Waals surface area (Å²) in [5.41, 5.74) is 0. The highest BCUT2D eigenvalue weighted by atomic mass is 16.1. The Bertz CT molecular complexity index is 245. The first-order valence-corrected chi connectivity index (χ1v) is 7.25. The second-order valence-electron chi connectivity index (χ2n) is 5.69. The number of rotatable bonds is 5. The van der Waals surface area contributed by atoms with E-state index in [0.717, 1.165) is 32.0 Å². The number of hydrogen-bond acceptors (Lipinski definition) is 2. The highest BCUT2D eigenvalue weighted by Gasteiger charge is 2.25. The molecule has 0 atom stereocenters. The zero-order valence-corrected chi connectivity index (χ0v) is 11.1. The topological polar surface area (TPSA) is 32.3 Å². The van der Waals surface area contributed by atoms with E-state index in [1.165, 1.54) is 38.5 Å². The lowest BCUT2D eigenvalue weighted by molar-refractivity contribution is -0.127. The van der Waals surface area contributed by atoms with Gasteiger partial charge in [0.15, 0.2) is 0 Å². The first kappa shape index (κ1) is 12.9. The molecule has 3 heteroatoms. The molecule has 0 unspecified atom stereocenters. The van der Waals surface area contributed by atoms with Crippen molar-refractivity contribution in [3.63, 3.8) is 0 Å². The average Bonchev–Trinajstić information content (AvgIpc) is 2.27. The predicted octanol–water partition coefficient (Wildman–Crippen LogP) is 2.17. The number of nitrogens with one attached hydrogen (secondary N) is 1. The van der Waals surface area contributed by atoms with Crippen LogP contribution >= 0.6 is 0 Å². The van der Waals surface area contributed by atoms with Crippen LogP contribution in [-0.2, 0) is 4.79 Å². The molecule has 0 bridgehead atoms. The summed E-state index contributed by atoms with van der Waals surface area (Å²) in [4.78, 5) is 14.1. The number of carbonyl (C=O) groups is 1. The van der Waals surface area contributed by atoms with E-state index >= 15 is 0 Å². The Hall–Kier alpha value is -0.570. The van der Waals surface area contributed by atoms with Crippen LogP contribution in [-0.4, -0.2) is 37.0 Å². The number of amides is 1. The monoisotopic (exact) mass is 238 g/mol. The van der Waals surface area contributed by atoms with Gasteiger partial charge >= 0.3 is 0 Å². The molecule has 1 amide bonds. The van der Waals surface area contributed by atoms with E-state index in [1.807, 2.05) is 0 Å². The summed E-state index contributed by atoms with van der Waals surface area (Å²) in [7, 11) is 2.20. The largest absolute Gasteiger partial charge is 0.355 e. The molecule has 98 valence electrons. The van der Waals surface area contributed by atoms with Crippen LogP contribution in [0.4, 0.5) is 0 Å². The van der Waals surface area contributed by atoms with E-state index < -0.39 is 0 Å². The van der Waals surface area contributed by atoms with Crippen molar-refractivity contribution in [1.29, 1.82) is 0 Å². The minimum atomic E-state index is 0.285. The van der Waals surface area contributed by atoms with Crippen LogP contribution in [0.15, 0.2) is 0 Å². The van der Waals surface area contributed by atoms with E-state index in [1.54, 1.807) is 0 Å². The van der Waals surface area contributed by atoms with Gasteiger partial charge in [0.1, 0.15) is 0 Å². The van der Waals surface area contributed by atoms with Crippen LogP contribution in [0.1, 0.15) is 51.4 Å². The van der Waals surface area contributed by atoms with E-state index in [4.69, 9.17) is 0 Å². The SMILES string of the molecule is CN(CCNC(=O)C1CCC1)C1CCCCC1. The molecule has 0 aromatic heterocycles. The van der Waals surface area contributed by atoms with E-state index in [9.17, 15) is 4.79 Å². The Kier molecular flexibility index (Phi) is 4.84. The summed E-state index contributed by atoms with van der Waals surface area (Å²) in [5, 5.41) is 3.07. The molecule has 0 heterocycles. The summed E-state index contributed by atoms with van der Waals surface area (Å²) in [6.07, 6.45) is 10.3. The quantitative estimate of drug-likeness (QED) is 0.796. The minimum Gasteiger partial charge on any atom is -0.355 e. The van der Waals surface area contributed by atoms with Gasteiger partial charge in [-0.25, -0.2) is 0 Å². The Labute approximate surface area is 105 Å². The van der Waals surface area contributed by atoms with Crippen LogP contribution < -0.4 is 5.32 Å². The molecule has 0 aromatic carbocycles. The summed E-state index contributed by atoms with van der Waals surface area (Å²) < 4.78 is 0. The van der Waals surface area contributed by atoms with E-state index in [-0.39, 0.29) is 5.91 Å². The maximum atomic E-state index is 11.7. The Balaban J connectivity index is 1.58. The molecule has 2 rings (SSSR count). The van der Waals surface area contributed by atoms with Gasteiger partial charge in [-0.15, -0.1) is 0 Å². The van der Waals surface area contributed by atoms with Crippen LogP contribution in [0, 0.1) is 5.92 Å². The van der Waals surface area contributed by atoms with Crippen molar-refractivity contribution in [3.05, 3.63) is 0 Å². The summed E-state index contributed by atoms with van der Waals surface area (Å²) in [6.45, 7) is 1.82. The second kappa shape index (κ2) is 6.39. The number of carbonyl (C=O) groups excluding carboxylic acids is 1. The maximum Gasteiger partial charge on any atom is 0.223 e. The van der Waals surface area contributed by atoms with Crippen LogP contribution in [0.2, 0.25) is 0 Å². The molecule has 2 fully saturated rings. The smallest absolute Gasteiger partial charge is 0.223 e. The molecule has 0 radical (unpaired) electrons. The van der Waals surface area contributed by atoms with Crippen molar-refractivity contribution < 1.29 is 4.79 Å². The fourth-order valence-electron chi connectivity index (χ4n) is 2.87. The van der Waals surface area contributed by atoms with Gasteiger partial charge in [0.25, 0.3) is 0 Å². The van der Waals surface area contributed by atoms with Gasteiger partial charge in [0, 0.05) is 25.0 Å². The Morgan fingerprint density at radius 2 is 1.82 bits per heavy atom. The molecule has 0 aromatic rings. The highest BCUT2D eigenvalue weighted by Crippen LogP contribution is 2.26. The molecule has 1 N–H and O–H groups in total. The number of nitrogens with zero attached hydrogens (tertiary/aromatic N) is 1. The second-order valence-corrected chi connectivity index (χ2v) is 5.69. The Morgan fingerprint density at radius 3 is 2.41 bits per heavy atom. The standard InChI is InChI=1S/C14H26N2O/c1-16(13-8-3-2-4-9-13)11-10-15-14(17)12-6-5-7-12/h12-13H,2-11H2,1H3,(H,15,17). The van der Waals surface area contributed by atoms with E-state index in [0.29, 0.717) is 5.92 Å². The summed E-state index contributed by atoms with van der Waals surface area (Å²) >= 11 is 0. The van der Waals surface area contributed by atoms with E-state index in [2.05, 4.69) is 17.3 Å². The third-order valence-electron chi connectivity index (χ3n) is 4.44. The minimum absolute atomic E-state index is 0.285. The third-order valence-corrected chi connectivity index (χ3v) is 4.44. The zero-order chi connectivity index (χ0) is 12.1. The third kappa shape index (κ3) is 3.70. The lowest BCUT2D eigenvalue weighted by atomic mass is 9.85. The number of likely N-dealkylation sites (N-methyl/N-ethyl adjacent to an activating group) is 1. The maximum absolute atomic E-state index is 11.7. The lowest BCUT2D eigenvalue weighted by Crippen LogP contribution is -2.41. The van der Waals surface area contributed by atoms with Crippen LogP contribution in [0.25, 0.3) is 0 Å². The van der Waals surface area contributed by atoms with Crippen molar-refractivity contribution >= 4 is 5.91 Å². The van der Waals surface area contributed by atoms with Gasteiger partial charge in [0.2, 0.25) is 5.91 Å². The lowest BCUT2D eigenvalue weighted by Gasteiger charge is -2.31. The molecule has 17 heavy (non-hydrogen) atoms. The average molecular weight is 238 g/mol. The molecule has 2 aliphatic rings. The van der Waals surface area contributed by atoms with Crippen molar-refractivity contribution in [2.75, 3.05) is 20.1 Å². The normalized spacial score (nSPS) is 22.5. The van der Waals surface area contributed by atoms with Crippen LogP contribution in [0.5, 0.6) is 0 Å². The number of hydrogen-bond donors (Lipinski definition) is 1.